The van der Waals surface area contributed by atoms with Crippen molar-refractivity contribution in [3.8, 4) is 0 Å². The number of carbonyl (C=O) groups is 1. The second kappa shape index (κ2) is 10.6. The first kappa shape index (κ1) is 23.8. The van der Waals surface area contributed by atoms with Gasteiger partial charge in [-0.3, -0.25) is 4.79 Å². The minimum atomic E-state index is -3.91. The van der Waals surface area contributed by atoms with Gasteiger partial charge in [0.15, 0.2) is 0 Å². The van der Waals surface area contributed by atoms with E-state index in [1.54, 1.807) is 30.3 Å². The predicted molar refractivity (Wildman–Crippen MR) is 127 cm³/mol. The van der Waals surface area contributed by atoms with Crippen LogP contribution in [0.4, 0.5) is 0 Å². The molecule has 0 spiro atoms. The molecule has 0 bridgehead atoms. The minimum absolute atomic E-state index is 0.0716. The predicted octanol–water partition coefficient (Wildman–Crippen LogP) is 4.96. The van der Waals surface area contributed by atoms with Gasteiger partial charge in [0.25, 0.3) is 0 Å². The summed E-state index contributed by atoms with van der Waals surface area (Å²) in [6, 6.07) is 19.4. The van der Waals surface area contributed by atoms with Crippen molar-refractivity contribution in [3.05, 3.63) is 98.4 Å². The molecule has 0 aliphatic carbocycles. The summed E-state index contributed by atoms with van der Waals surface area (Å²) in [5.74, 6) is -0.462. The largest absolute Gasteiger partial charge is 0.351 e. The molecule has 162 valence electrons. The molecule has 3 aromatic carbocycles. The molecule has 1 atom stereocenters. The molecule has 1 amide bonds. The van der Waals surface area contributed by atoms with Crippen LogP contribution in [-0.4, -0.2) is 20.4 Å². The van der Waals surface area contributed by atoms with Gasteiger partial charge in [0.05, 0.1) is 4.90 Å². The van der Waals surface area contributed by atoms with E-state index in [9.17, 15) is 13.2 Å². The smallest absolute Gasteiger partial charge is 0.241 e. The highest BCUT2D eigenvalue weighted by Crippen LogP contribution is 2.21. The van der Waals surface area contributed by atoms with Crippen molar-refractivity contribution in [3.63, 3.8) is 0 Å². The molecule has 0 saturated heterocycles. The molecule has 0 fully saturated rings. The van der Waals surface area contributed by atoms with Crippen molar-refractivity contribution in [2.75, 3.05) is 0 Å². The maximum Gasteiger partial charge on any atom is 0.241 e. The average molecular weight is 542 g/mol. The Labute approximate surface area is 200 Å². The van der Waals surface area contributed by atoms with Crippen molar-refractivity contribution in [1.82, 2.24) is 10.0 Å². The Bertz CT molecular complexity index is 1160. The Morgan fingerprint density at radius 2 is 1.65 bits per heavy atom. The van der Waals surface area contributed by atoms with Crippen LogP contribution in [0, 0.1) is 0 Å². The van der Waals surface area contributed by atoms with Gasteiger partial charge < -0.3 is 5.32 Å². The molecule has 9 heteroatoms. The van der Waals surface area contributed by atoms with Crippen LogP contribution in [0.1, 0.15) is 11.1 Å². The van der Waals surface area contributed by atoms with Gasteiger partial charge in [0.1, 0.15) is 6.04 Å². The normalized spacial score (nSPS) is 12.4. The zero-order valence-electron chi connectivity index (χ0n) is 16.2. The van der Waals surface area contributed by atoms with E-state index in [2.05, 4.69) is 26.0 Å². The molecule has 5 nitrogen and oxygen atoms in total. The van der Waals surface area contributed by atoms with Crippen LogP contribution in [0.15, 0.2) is 82.2 Å². The van der Waals surface area contributed by atoms with Crippen LogP contribution in [0.5, 0.6) is 0 Å². The maximum absolute atomic E-state index is 12.9. The van der Waals surface area contributed by atoms with Crippen molar-refractivity contribution in [2.45, 2.75) is 23.9 Å². The van der Waals surface area contributed by atoms with Gasteiger partial charge in [-0.15, -0.1) is 0 Å². The summed E-state index contributed by atoms with van der Waals surface area (Å²) < 4.78 is 29.0. The molecular formula is C22H19BrCl2N2O3S. The zero-order chi connectivity index (χ0) is 22.4. The van der Waals surface area contributed by atoms with E-state index >= 15 is 0 Å². The SMILES string of the molecule is O=C(NCc1ccc(Cl)cc1Cl)[C@@H](Cc1ccccc1)NS(=O)(=O)c1ccc(Br)cc1. The summed E-state index contributed by atoms with van der Waals surface area (Å²) in [5.41, 5.74) is 1.50. The lowest BCUT2D eigenvalue weighted by Gasteiger charge is -2.19. The van der Waals surface area contributed by atoms with Crippen molar-refractivity contribution in [1.29, 1.82) is 0 Å². The minimum Gasteiger partial charge on any atom is -0.351 e. The van der Waals surface area contributed by atoms with E-state index in [1.807, 2.05) is 30.3 Å². The second-order valence-corrected chi connectivity index (χ2v) is 10.2. The Kier molecular flexibility index (Phi) is 8.13. The third kappa shape index (κ3) is 6.79. The number of halogens is 3. The van der Waals surface area contributed by atoms with Crippen LogP contribution >= 0.6 is 39.1 Å². The highest BCUT2D eigenvalue weighted by molar-refractivity contribution is 9.10. The third-order valence-electron chi connectivity index (χ3n) is 4.49. The standard InChI is InChI=1S/C22H19BrCl2N2O3S/c23-17-7-10-19(11-8-17)31(29,30)27-21(12-15-4-2-1-3-5-15)22(28)26-14-16-6-9-18(24)13-20(16)25/h1-11,13,21,27H,12,14H2,(H,26,28)/t21-/m1/s1. The maximum atomic E-state index is 12.9. The average Bonchev–Trinajstić information content (AvgIpc) is 2.73. The molecule has 0 heterocycles. The molecular weight excluding hydrogens is 523 g/mol. The van der Waals surface area contributed by atoms with Crippen LogP contribution in [-0.2, 0) is 27.8 Å². The fraction of sp³-hybridized carbons (Fsp3) is 0.136. The Morgan fingerprint density at radius 3 is 2.29 bits per heavy atom. The van der Waals surface area contributed by atoms with E-state index < -0.39 is 22.0 Å². The summed E-state index contributed by atoms with van der Waals surface area (Å²) in [7, 11) is -3.91. The molecule has 0 aromatic heterocycles. The van der Waals surface area contributed by atoms with Crippen molar-refractivity contribution in [2.24, 2.45) is 0 Å². The Hall–Kier alpha value is -1.90. The summed E-state index contributed by atoms with van der Waals surface area (Å²) in [6.07, 6.45) is 0.191. The van der Waals surface area contributed by atoms with Crippen LogP contribution in [0.3, 0.4) is 0 Å². The highest BCUT2D eigenvalue weighted by atomic mass is 79.9. The highest BCUT2D eigenvalue weighted by Gasteiger charge is 2.26. The lowest BCUT2D eigenvalue weighted by atomic mass is 10.1. The number of hydrogen-bond donors (Lipinski definition) is 2. The van der Waals surface area contributed by atoms with Crippen LogP contribution < -0.4 is 10.0 Å². The first-order valence-corrected chi connectivity index (χ1v) is 12.3. The lowest BCUT2D eigenvalue weighted by Crippen LogP contribution is -2.47. The van der Waals surface area contributed by atoms with E-state index in [1.165, 1.54) is 12.1 Å². The number of rotatable bonds is 8. The summed E-state index contributed by atoms with van der Waals surface area (Å²) in [4.78, 5) is 13.0. The first-order chi connectivity index (χ1) is 14.7. The molecule has 3 aromatic rings. The van der Waals surface area contributed by atoms with E-state index in [0.717, 1.165) is 10.0 Å². The van der Waals surface area contributed by atoms with Crippen molar-refractivity contribution >= 4 is 55.1 Å². The molecule has 0 radical (unpaired) electrons. The quantitative estimate of drug-likeness (QED) is 0.423. The summed E-state index contributed by atoms with van der Waals surface area (Å²) in [6.45, 7) is 0.139. The number of amides is 1. The molecule has 0 unspecified atom stereocenters. The van der Waals surface area contributed by atoms with E-state index in [4.69, 9.17) is 23.2 Å². The van der Waals surface area contributed by atoms with Gasteiger partial charge in [0, 0.05) is 21.1 Å². The van der Waals surface area contributed by atoms with E-state index in [0.29, 0.717) is 15.6 Å². The zero-order valence-corrected chi connectivity index (χ0v) is 20.1. The first-order valence-electron chi connectivity index (χ1n) is 9.28. The van der Waals surface area contributed by atoms with Crippen LogP contribution in [0.25, 0.3) is 0 Å². The number of benzene rings is 3. The monoisotopic (exact) mass is 540 g/mol. The molecule has 31 heavy (non-hydrogen) atoms. The number of hydrogen-bond acceptors (Lipinski definition) is 3. The summed E-state index contributed by atoms with van der Waals surface area (Å²) >= 11 is 15.4. The van der Waals surface area contributed by atoms with Gasteiger partial charge in [-0.2, -0.15) is 4.72 Å². The fourth-order valence-corrected chi connectivity index (χ4v) is 4.81. The third-order valence-corrected chi connectivity index (χ3v) is 7.09. The van der Waals surface area contributed by atoms with E-state index in [-0.39, 0.29) is 17.9 Å². The van der Waals surface area contributed by atoms with Gasteiger partial charge in [-0.05, 0) is 53.9 Å². The fourth-order valence-electron chi connectivity index (χ4n) is 2.88. The van der Waals surface area contributed by atoms with Crippen LogP contribution in [0.2, 0.25) is 10.0 Å². The molecule has 0 aliphatic heterocycles. The van der Waals surface area contributed by atoms with Gasteiger partial charge in [-0.25, -0.2) is 8.42 Å². The Morgan fingerprint density at radius 1 is 0.968 bits per heavy atom. The topological polar surface area (TPSA) is 75.3 Å². The number of nitrogens with one attached hydrogen (secondary N) is 2. The molecule has 3 rings (SSSR count). The number of sulfonamides is 1. The molecule has 0 aliphatic rings. The summed E-state index contributed by atoms with van der Waals surface area (Å²) in [5, 5.41) is 3.67. The second-order valence-electron chi connectivity index (χ2n) is 6.77. The molecule has 2 N–H and O–H groups in total. The van der Waals surface area contributed by atoms with Crippen molar-refractivity contribution < 1.29 is 13.2 Å². The lowest BCUT2D eigenvalue weighted by molar-refractivity contribution is -0.122. The van der Waals surface area contributed by atoms with Gasteiger partial charge >= 0.3 is 0 Å². The van der Waals surface area contributed by atoms with Gasteiger partial charge in [0.2, 0.25) is 15.9 Å². The van der Waals surface area contributed by atoms with Gasteiger partial charge in [-0.1, -0.05) is 75.5 Å². The number of carbonyl (C=O) groups excluding carboxylic acids is 1. The Balaban J connectivity index is 1.79. The molecule has 0 saturated carbocycles.